The van der Waals surface area contributed by atoms with Crippen LogP contribution in [0.2, 0.25) is 0 Å². The molecule has 0 atom stereocenters. The first kappa shape index (κ1) is 19.5. The van der Waals surface area contributed by atoms with Crippen LogP contribution >= 0.6 is 0 Å². The third-order valence-corrected chi connectivity index (χ3v) is 4.30. The number of nitrogens with two attached hydrogens (primary N) is 1. The summed E-state index contributed by atoms with van der Waals surface area (Å²) in [5.74, 6) is 0.593. The molecule has 1 aromatic heterocycles. The number of nitrogens with zero attached hydrogens (tertiary/aromatic N) is 1. The Bertz CT molecular complexity index is 673. The zero-order valence-electron chi connectivity index (χ0n) is 16.3. The number of aromatic nitrogens is 1. The predicted octanol–water partition coefficient (Wildman–Crippen LogP) is 4.74. The van der Waals surface area contributed by atoms with Gasteiger partial charge in [0.1, 0.15) is 5.82 Å². The van der Waals surface area contributed by atoms with Gasteiger partial charge >= 0.3 is 0 Å². The lowest BCUT2D eigenvalue weighted by molar-refractivity contribution is 0.419. The Labute approximate surface area is 152 Å². The van der Waals surface area contributed by atoms with E-state index in [2.05, 4.69) is 67.6 Å². The Morgan fingerprint density at radius 3 is 2.56 bits per heavy atom. The molecular formula is C21H34N4. The van der Waals surface area contributed by atoms with E-state index in [-0.39, 0.29) is 5.54 Å². The van der Waals surface area contributed by atoms with E-state index >= 15 is 0 Å². The fraction of sp³-hybridized carbons (Fsp3) is 0.571. The number of benzene rings is 1. The Hall–Kier alpha value is -1.81. The summed E-state index contributed by atoms with van der Waals surface area (Å²) in [6.07, 6.45) is 5.76. The fourth-order valence-electron chi connectivity index (χ4n) is 2.84. The van der Waals surface area contributed by atoms with Crippen molar-refractivity contribution in [3.8, 4) is 0 Å². The van der Waals surface area contributed by atoms with Crippen molar-refractivity contribution in [1.82, 2.24) is 10.3 Å². The molecule has 0 fully saturated rings. The van der Waals surface area contributed by atoms with Crippen LogP contribution in [0.15, 0.2) is 24.3 Å². The molecule has 0 saturated carbocycles. The maximum absolute atomic E-state index is 6.12. The van der Waals surface area contributed by atoms with E-state index in [9.17, 15) is 0 Å². The molecule has 4 N–H and O–H groups in total. The second-order valence-corrected chi connectivity index (χ2v) is 7.86. The van der Waals surface area contributed by atoms with E-state index in [0.717, 1.165) is 42.5 Å². The summed E-state index contributed by atoms with van der Waals surface area (Å²) in [4.78, 5) is 4.59. The van der Waals surface area contributed by atoms with E-state index in [1.807, 2.05) is 0 Å². The minimum Gasteiger partial charge on any atom is -0.382 e. The van der Waals surface area contributed by atoms with Crippen molar-refractivity contribution in [2.75, 3.05) is 24.1 Å². The van der Waals surface area contributed by atoms with Crippen LogP contribution in [0.5, 0.6) is 0 Å². The highest BCUT2D eigenvalue weighted by atomic mass is 15.0. The zero-order valence-corrected chi connectivity index (χ0v) is 16.3. The molecule has 138 valence electrons. The Balaban J connectivity index is 1.94. The number of anilines is 2. The molecule has 0 radical (unpaired) electrons. The molecule has 2 aromatic rings. The van der Waals surface area contributed by atoms with Gasteiger partial charge in [0.25, 0.3) is 0 Å². The van der Waals surface area contributed by atoms with Crippen LogP contribution in [0.25, 0.3) is 10.9 Å². The number of hydrogen-bond acceptors (Lipinski definition) is 4. The van der Waals surface area contributed by atoms with Crippen molar-refractivity contribution in [1.29, 1.82) is 0 Å². The summed E-state index contributed by atoms with van der Waals surface area (Å²) < 4.78 is 0. The van der Waals surface area contributed by atoms with Gasteiger partial charge in [-0.25, -0.2) is 4.98 Å². The summed E-state index contributed by atoms with van der Waals surface area (Å²) in [6, 6.07) is 8.67. The van der Waals surface area contributed by atoms with Crippen LogP contribution < -0.4 is 16.4 Å². The number of pyridine rings is 1. The van der Waals surface area contributed by atoms with Crippen molar-refractivity contribution < 1.29 is 0 Å². The normalized spacial score (nSPS) is 11.8. The summed E-state index contributed by atoms with van der Waals surface area (Å²) in [5.41, 5.74) is 9.59. The molecular weight excluding hydrogens is 308 g/mol. The summed E-state index contributed by atoms with van der Waals surface area (Å²) >= 11 is 0. The van der Waals surface area contributed by atoms with Crippen molar-refractivity contribution in [3.05, 3.63) is 29.8 Å². The van der Waals surface area contributed by atoms with Crippen molar-refractivity contribution in [3.63, 3.8) is 0 Å². The first-order valence-electron chi connectivity index (χ1n) is 9.57. The van der Waals surface area contributed by atoms with Crippen LogP contribution in [0.4, 0.5) is 11.5 Å². The second-order valence-electron chi connectivity index (χ2n) is 7.86. The van der Waals surface area contributed by atoms with E-state index in [0.29, 0.717) is 5.82 Å². The fourth-order valence-corrected chi connectivity index (χ4v) is 2.84. The minimum absolute atomic E-state index is 0.202. The highest BCUT2D eigenvalue weighted by molar-refractivity contribution is 5.86. The summed E-state index contributed by atoms with van der Waals surface area (Å²) in [6.45, 7) is 10.8. The predicted molar refractivity (Wildman–Crippen MR) is 110 cm³/mol. The number of hydrogen-bond donors (Lipinski definition) is 3. The summed E-state index contributed by atoms with van der Waals surface area (Å²) in [5, 5.41) is 8.07. The van der Waals surface area contributed by atoms with Crippen LogP contribution in [0.3, 0.4) is 0 Å². The van der Waals surface area contributed by atoms with Crippen LogP contribution in [0.1, 0.15) is 58.9 Å². The molecule has 1 aromatic carbocycles. The minimum atomic E-state index is 0.202. The highest BCUT2D eigenvalue weighted by Crippen LogP contribution is 2.24. The van der Waals surface area contributed by atoms with Crippen LogP contribution in [-0.2, 0) is 6.42 Å². The topological polar surface area (TPSA) is 63.0 Å². The van der Waals surface area contributed by atoms with E-state index in [1.165, 1.54) is 24.8 Å². The Morgan fingerprint density at radius 1 is 1.04 bits per heavy atom. The van der Waals surface area contributed by atoms with Gasteiger partial charge in [-0.15, -0.1) is 0 Å². The number of rotatable bonds is 9. The Morgan fingerprint density at radius 2 is 1.84 bits per heavy atom. The zero-order chi connectivity index (χ0) is 18.3. The average molecular weight is 343 g/mol. The lowest BCUT2D eigenvalue weighted by atomic mass is 10.0. The van der Waals surface area contributed by atoms with E-state index in [4.69, 9.17) is 5.73 Å². The molecule has 0 aliphatic carbocycles. The van der Waals surface area contributed by atoms with Crippen LogP contribution in [-0.4, -0.2) is 23.6 Å². The number of nitrogen functional groups attached to an aromatic ring is 1. The maximum atomic E-state index is 6.12. The van der Waals surface area contributed by atoms with Gasteiger partial charge in [0.2, 0.25) is 0 Å². The lowest BCUT2D eigenvalue weighted by Crippen LogP contribution is -2.36. The van der Waals surface area contributed by atoms with E-state index in [1.54, 1.807) is 0 Å². The molecule has 0 bridgehead atoms. The third-order valence-electron chi connectivity index (χ3n) is 4.30. The van der Waals surface area contributed by atoms with Crippen LogP contribution in [0, 0.1) is 0 Å². The molecule has 0 amide bonds. The second kappa shape index (κ2) is 9.04. The average Bonchev–Trinajstić information content (AvgIpc) is 2.54. The number of fused-ring (bicyclic) bond motifs is 1. The molecule has 4 heteroatoms. The number of nitrogens with one attached hydrogen (secondary N) is 2. The maximum Gasteiger partial charge on any atom is 0.147 e. The quantitative estimate of drug-likeness (QED) is 0.576. The number of unbranched alkanes of at least 4 members (excludes halogenated alkanes) is 2. The largest absolute Gasteiger partial charge is 0.382 e. The molecule has 0 spiro atoms. The molecule has 0 unspecified atom stereocenters. The first-order valence-corrected chi connectivity index (χ1v) is 9.57. The van der Waals surface area contributed by atoms with Gasteiger partial charge < -0.3 is 16.4 Å². The Kier molecular flexibility index (Phi) is 7.06. The standard InChI is InChI=1S/C21H34N4/c1-5-6-12-23-19-15-17-11-10-16(14-18(17)25-20(19)22)9-7-8-13-24-21(2,3)4/h10-11,14-15,23-24H,5-9,12-13H2,1-4H3,(H2,22,25). The van der Waals surface area contributed by atoms with Crippen molar-refractivity contribution in [2.45, 2.75) is 65.3 Å². The molecule has 0 aliphatic heterocycles. The molecule has 4 nitrogen and oxygen atoms in total. The van der Waals surface area contributed by atoms with Gasteiger partial charge in [-0.1, -0.05) is 25.5 Å². The molecule has 25 heavy (non-hydrogen) atoms. The SMILES string of the molecule is CCCCNc1cc2ccc(CCCCNC(C)(C)C)cc2nc1N. The van der Waals surface area contributed by atoms with Crippen molar-refractivity contribution >= 4 is 22.4 Å². The van der Waals surface area contributed by atoms with Gasteiger partial charge in [0, 0.05) is 17.5 Å². The van der Waals surface area contributed by atoms with Gasteiger partial charge in [0.05, 0.1) is 11.2 Å². The smallest absolute Gasteiger partial charge is 0.147 e. The lowest BCUT2D eigenvalue weighted by Gasteiger charge is -2.20. The third kappa shape index (κ3) is 6.54. The number of aryl methyl sites for hydroxylation is 1. The highest BCUT2D eigenvalue weighted by Gasteiger charge is 2.08. The van der Waals surface area contributed by atoms with Gasteiger partial charge in [-0.3, -0.25) is 0 Å². The molecule has 2 rings (SSSR count). The van der Waals surface area contributed by atoms with Gasteiger partial charge in [0.15, 0.2) is 0 Å². The molecule has 0 aliphatic rings. The van der Waals surface area contributed by atoms with E-state index < -0.39 is 0 Å². The molecule has 0 saturated heterocycles. The summed E-state index contributed by atoms with van der Waals surface area (Å²) in [7, 11) is 0. The monoisotopic (exact) mass is 342 g/mol. The van der Waals surface area contributed by atoms with Crippen molar-refractivity contribution in [2.24, 2.45) is 0 Å². The molecule has 1 heterocycles. The first-order chi connectivity index (χ1) is 11.9. The van der Waals surface area contributed by atoms with Gasteiger partial charge in [-0.2, -0.15) is 0 Å². The van der Waals surface area contributed by atoms with Gasteiger partial charge in [-0.05, 0) is 70.7 Å².